The highest BCUT2D eigenvalue weighted by Gasteiger charge is 2.40. The van der Waals surface area contributed by atoms with Crippen molar-refractivity contribution < 1.29 is 14.0 Å². The number of carbonyl (C=O) groups is 2. The Morgan fingerprint density at radius 3 is 1.78 bits per heavy atom. The molecule has 0 aromatic heterocycles. The average Bonchev–Trinajstić information content (AvgIpc) is 2.23. The number of hydrogen-bond donors (Lipinski definition) is 2. The lowest BCUT2D eigenvalue weighted by Gasteiger charge is -2.37. The van der Waals surface area contributed by atoms with Crippen LogP contribution < -0.4 is 10.3 Å². The molecule has 0 aromatic carbocycles. The van der Waals surface area contributed by atoms with Crippen LogP contribution in [0.1, 0.15) is 48.0 Å². The zero-order valence-electron chi connectivity index (χ0n) is 16.6. The van der Waals surface area contributed by atoms with Crippen molar-refractivity contribution in [1.82, 2.24) is 10.3 Å². The first kappa shape index (κ1) is 22.2. The molecular weight excluding hydrogens is 324 g/mol. The number of rotatable bonds is 5. The largest absolute Gasteiger partial charge is 0.519 e. The van der Waals surface area contributed by atoms with E-state index in [2.05, 4.69) is 64.9 Å². The summed E-state index contributed by atoms with van der Waals surface area (Å²) in [5.74, 6) is -0.232. The number of nitrogens with one attached hydrogen (secondary N) is 2. The highest BCUT2D eigenvalue weighted by Crippen LogP contribution is 2.36. The second kappa shape index (κ2) is 7.38. The number of hydrogen-bond acceptors (Lipinski definition) is 3. The van der Waals surface area contributed by atoms with Crippen molar-refractivity contribution in [2.75, 3.05) is 6.54 Å². The van der Waals surface area contributed by atoms with Crippen LogP contribution >= 0.6 is 0 Å². The molecule has 23 heavy (non-hydrogen) atoms. The maximum Gasteiger partial charge on any atom is 0.306 e. The second-order valence-corrected chi connectivity index (χ2v) is 19.0. The van der Waals surface area contributed by atoms with E-state index >= 15 is 0 Å². The van der Waals surface area contributed by atoms with Gasteiger partial charge in [-0.1, -0.05) is 54.6 Å². The molecule has 0 aliphatic rings. The van der Waals surface area contributed by atoms with Gasteiger partial charge in [-0.15, -0.1) is 0 Å². The van der Waals surface area contributed by atoms with Gasteiger partial charge in [-0.05, 0) is 23.2 Å². The molecule has 2 amide bonds. The molecule has 0 spiro atoms. The van der Waals surface area contributed by atoms with Crippen molar-refractivity contribution in [1.29, 1.82) is 0 Å². The Morgan fingerprint density at radius 2 is 1.39 bits per heavy atom. The van der Waals surface area contributed by atoms with E-state index in [0.29, 0.717) is 6.54 Å². The zero-order valence-corrected chi connectivity index (χ0v) is 18.6. The lowest BCUT2D eigenvalue weighted by molar-refractivity contribution is -0.135. The van der Waals surface area contributed by atoms with Gasteiger partial charge < -0.3 is 14.7 Å². The third kappa shape index (κ3) is 7.07. The number of urea groups is 1. The molecule has 0 aliphatic heterocycles. The predicted octanol–water partition coefficient (Wildman–Crippen LogP) is 4.23. The van der Waals surface area contributed by atoms with Crippen LogP contribution in [0.2, 0.25) is 36.3 Å². The molecule has 2 N–H and O–H groups in total. The van der Waals surface area contributed by atoms with Gasteiger partial charge in [-0.3, -0.25) is 4.79 Å². The maximum absolute atomic E-state index is 12.0. The lowest BCUT2D eigenvalue weighted by Crippen LogP contribution is -2.57. The fourth-order valence-electron chi connectivity index (χ4n) is 1.28. The second-order valence-electron chi connectivity index (χ2n) is 9.24. The van der Waals surface area contributed by atoms with Crippen LogP contribution in [0.3, 0.4) is 0 Å². The molecule has 0 aliphatic carbocycles. The van der Waals surface area contributed by atoms with Crippen molar-refractivity contribution in [3.8, 4) is 0 Å². The fourth-order valence-corrected chi connectivity index (χ4v) is 3.29. The van der Waals surface area contributed by atoms with Gasteiger partial charge in [0, 0.05) is 6.54 Å². The van der Waals surface area contributed by atoms with E-state index < -0.39 is 16.6 Å². The first-order chi connectivity index (χ1) is 9.99. The Labute approximate surface area is 144 Å². The van der Waals surface area contributed by atoms with Crippen molar-refractivity contribution >= 4 is 28.6 Å². The third-order valence-electron chi connectivity index (χ3n) is 5.09. The SMILES string of the molecule is CC(C)(C)[Si](C)(C)NC(=O)NCCC(=O)O[Si](C)(C)C(C)(C)C. The van der Waals surface area contributed by atoms with Crippen LogP contribution in [-0.4, -0.2) is 35.1 Å². The van der Waals surface area contributed by atoms with Crippen molar-refractivity contribution in [3.63, 3.8) is 0 Å². The monoisotopic (exact) mass is 360 g/mol. The summed E-state index contributed by atoms with van der Waals surface area (Å²) in [5, 5.41) is 2.84. The summed E-state index contributed by atoms with van der Waals surface area (Å²) in [7, 11) is -3.96. The lowest BCUT2D eigenvalue weighted by atomic mass is 10.2. The molecule has 0 saturated heterocycles. The molecule has 136 valence electrons. The summed E-state index contributed by atoms with van der Waals surface area (Å²) >= 11 is 0. The van der Waals surface area contributed by atoms with E-state index in [0.717, 1.165) is 0 Å². The van der Waals surface area contributed by atoms with Gasteiger partial charge in [0.05, 0.1) is 6.42 Å². The molecule has 0 fully saturated rings. The van der Waals surface area contributed by atoms with Gasteiger partial charge in [0.15, 0.2) is 8.24 Å². The molecule has 0 unspecified atom stereocenters. The van der Waals surface area contributed by atoms with Gasteiger partial charge in [0.25, 0.3) is 14.3 Å². The van der Waals surface area contributed by atoms with Gasteiger partial charge in [0.2, 0.25) is 0 Å². The molecule has 0 saturated carbocycles. The van der Waals surface area contributed by atoms with Gasteiger partial charge >= 0.3 is 6.03 Å². The quantitative estimate of drug-likeness (QED) is 0.721. The van der Waals surface area contributed by atoms with E-state index in [1.165, 1.54) is 0 Å². The predicted molar refractivity (Wildman–Crippen MR) is 102 cm³/mol. The topological polar surface area (TPSA) is 67.4 Å². The zero-order chi connectivity index (χ0) is 18.7. The maximum atomic E-state index is 12.0. The van der Waals surface area contributed by atoms with Crippen LogP contribution in [0.25, 0.3) is 0 Å². The Kier molecular flexibility index (Phi) is 7.11. The summed E-state index contributed by atoms with van der Waals surface area (Å²) in [6, 6.07) is -0.197. The first-order valence-electron chi connectivity index (χ1n) is 8.27. The van der Waals surface area contributed by atoms with Gasteiger partial charge in [-0.2, -0.15) is 0 Å². The molecule has 0 aromatic rings. The molecular formula is C16H36N2O3Si2. The molecule has 0 heterocycles. The summed E-state index contributed by atoms with van der Waals surface area (Å²) in [5.41, 5.74) is 0. The first-order valence-corrected chi connectivity index (χ1v) is 14.2. The van der Waals surface area contributed by atoms with Crippen molar-refractivity contribution in [3.05, 3.63) is 0 Å². The average molecular weight is 361 g/mol. The van der Waals surface area contributed by atoms with Crippen LogP contribution in [0.4, 0.5) is 4.79 Å². The van der Waals surface area contributed by atoms with E-state index in [-0.39, 0.29) is 28.5 Å². The van der Waals surface area contributed by atoms with Crippen molar-refractivity contribution in [2.45, 2.75) is 84.2 Å². The van der Waals surface area contributed by atoms with Crippen LogP contribution in [0.5, 0.6) is 0 Å². The minimum Gasteiger partial charge on any atom is -0.519 e. The summed E-state index contributed by atoms with van der Waals surface area (Å²) in [6.07, 6.45) is 0.206. The van der Waals surface area contributed by atoms with Crippen molar-refractivity contribution in [2.24, 2.45) is 0 Å². The standard InChI is InChI=1S/C16H36N2O3Si2/c1-15(2,3)22(7,8)18-14(20)17-12-11-13(19)21-23(9,10)16(4,5)6/h11-12H2,1-10H3,(H2,17,18,20). The Balaban J connectivity index is 4.32. The van der Waals surface area contributed by atoms with Gasteiger partial charge in [0.1, 0.15) is 0 Å². The highest BCUT2D eigenvalue weighted by molar-refractivity contribution is 6.79. The summed E-state index contributed by atoms with van der Waals surface area (Å²) in [4.78, 5) is 27.1. The molecule has 0 rings (SSSR count). The Bertz CT molecular complexity index is 396. The smallest absolute Gasteiger partial charge is 0.306 e. The van der Waals surface area contributed by atoms with Crippen LogP contribution in [0.15, 0.2) is 0 Å². The Hall–Kier alpha value is -0.826. The fraction of sp³-hybridized carbons (Fsp3) is 0.875. The molecule has 0 radical (unpaired) electrons. The highest BCUT2D eigenvalue weighted by atomic mass is 28.4. The molecule has 5 nitrogen and oxygen atoms in total. The Morgan fingerprint density at radius 1 is 0.913 bits per heavy atom. The minimum absolute atomic E-state index is 0.00417. The van der Waals surface area contributed by atoms with E-state index in [1.54, 1.807) is 0 Å². The molecule has 0 bridgehead atoms. The van der Waals surface area contributed by atoms with Gasteiger partial charge in [-0.25, -0.2) is 4.79 Å². The normalized spacial score (nSPS) is 13.5. The van der Waals surface area contributed by atoms with E-state index in [9.17, 15) is 9.59 Å². The summed E-state index contributed by atoms with van der Waals surface area (Å²) in [6.45, 7) is 21.3. The molecule has 0 atom stereocenters. The van der Waals surface area contributed by atoms with Crippen LogP contribution in [-0.2, 0) is 9.22 Å². The summed E-state index contributed by atoms with van der Waals surface area (Å²) < 4.78 is 5.68. The van der Waals surface area contributed by atoms with Crippen LogP contribution in [0, 0.1) is 0 Å². The molecule has 7 heteroatoms. The number of amides is 2. The van der Waals surface area contributed by atoms with E-state index in [1.807, 2.05) is 13.1 Å². The minimum atomic E-state index is -2.08. The number of carbonyl (C=O) groups excluding carboxylic acids is 2. The third-order valence-corrected chi connectivity index (χ3v) is 14.0. The van der Waals surface area contributed by atoms with E-state index in [4.69, 9.17) is 4.43 Å².